The Balaban J connectivity index is 2.60. The van der Waals surface area contributed by atoms with Crippen molar-refractivity contribution >= 4 is 23.2 Å². The molecule has 0 amide bonds. The second-order valence-electron chi connectivity index (χ2n) is 2.69. The Kier molecular flexibility index (Phi) is 2.79. The van der Waals surface area contributed by atoms with Gasteiger partial charge in [-0.15, -0.1) is 0 Å². The first-order valence-corrected chi connectivity index (χ1v) is 4.80. The molecule has 6 heteroatoms. The highest BCUT2D eigenvalue weighted by Crippen LogP contribution is 2.34. The van der Waals surface area contributed by atoms with Gasteiger partial charge in [-0.3, -0.25) is 0 Å². The van der Waals surface area contributed by atoms with E-state index in [1.807, 2.05) is 0 Å². The third kappa shape index (κ3) is 1.91. The Hall–Kier alpha value is -1.26. The van der Waals surface area contributed by atoms with Crippen molar-refractivity contribution in [3.05, 3.63) is 28.6 Å². The lowest BCUT2D eigenvalue weighted by molar-refractivity contribution is 0.411. The Morgan fingerprint density at radius 1 is 1.33 bits per heavy atom. The molecule has 2 aromatic rings. The molecule has 0 unspecified atom stereocenters. The van der Waals surface area contributed by atoms with E-state index in [9.17, 15) is 0 Å². The quantitative estimate of drug-likeness (QED) is 0.815. The Labute approximate surface area is 95.8 Å². The van der Waals surface area contributed by atoms with E-state index in [1.165, 1.54) is 7.11 Å². The van der Waals surface area contributed by atoms with E-state index >= 15 is 0 Å². The predicted octanol–water partition coefficient (Wildman–Crippen LogP) is 3.05. The number of rotatable bonds is 2. The molecule has 0 fully saturated rings. The summed E-state index contributed by atoms with van der Waals surface area (Å²) in [4.78, 5) is 3.87. The van der Waals surface area contributed by atoms with E-state index in [-0.39, 0.29) is 5.35 Å². The van der Waals surface area contributed by atoms with Crippen molar-refractivity contribution in [3.8, 4) is 17.1 Å². The highest BCUT2D eigenvalue weighted by molar-refractivity contribution is 6.33. The van der Waals surface area contributed by atoms with Crippen molar-refractivity contribution in [2.24, 2.45) is 0 Å². The molecule has 0 saturated carbocycles. The van der Waals surface area contributed by atoms with Crippen molar-refractivity contribution in [3.63, 3.8) is 0 Å². The van der Waals surface area contributed by atoms with Crippen molar-refractivity contribution < 1.29 is 9.26 Å². The largest absolute Gasteiger partial charge is 0.496 e. The molecule has 0 aliphatic rings. The lowest BCUT2D eigenvalue weighted by Crippen LogP contribution is -1.90. The van der Waals surface area contributed by atoms with Crippen LogP contribution in [0, 0.1) is 0 Å². The summed E-state index contributed by atoms with van der Waals surface area (Å²) in [6, 6.07) is 5.24. The number of hydrogen-bond donors (Lipinski definition) is 0. The normalized spacial score (nSPS) is 10.3. The molecule has 0 N–H and O–H groups in total. The fourth-order valence-electron chi connectivity index (χ4n) is 1.20. The minimum atomic E-state index is -0.0352. The van der Waals surface area contributed by atoms with Gasteiger partial charge in [0.25, 0.3) is 0 Å². The molecule has 4 nitrogen and oxygen atoms in total. The molecule has 0 spiro atoms. The third-order valence-electron chi connectivity index (χ3n) is 1.82. The van der Waals surface area contributed by atoms with Crippen LogP contribution < -0.4 is 4.74 Å². The molecule has 0 aliphatic carbocycles. The van der Waals surface area contributed by atoms with E-state index in [2.05, 4.69) is 14.7 Å². The smallest absolute Gasteiger partial charge is 0.320 e. The highest BCUT2D eigenvalue weighted by atomic mass is 35.5. The number of benzene rings is 1. The fraction of sp³-hybridized carbons (Fsp3) is 0.111. The molecule has 0 bridgehead atoms. The number of halogens is 2. The van der Waals surface area contributed by atoms with Gasteiger partial charge in [-0.1, -0.05) is 22.8 Å². The standard InChI is InChI=1S/C9H6Cl2N2O2/c1-14-6-4-2-3-5(10)7(6)8-12-9(11)15-13-8/h2-4H,1H3. The van der Waals surface area contributed by atoms with Crippen molar-refractivity contribution in [1.82, 2.24) is 10.1 Å². The van der Waals surface area contributed by atoms with Crippen LogP contribution in [-0.2, 0) is 0 Å². The maximum absolute atomic E-state index is 6.01. The van der Waals surface area contributed by atoms with Crippen LogP contribution in [0.25, 0.3) is 11.4 Å². The van der Waals surface area contributed by atoms with Crippen LogP contribution in [0.1, 0.15) is 0 Å². The van der Waals surface area contributed by atoms with Gasteiger partial charge in [-0.2, -0.15) is 4.98 Å². The predicted molar refractivity (Wildman–Crippen MR) is 56.3 cm³/mol. The van der Waals surface area contributed by atoms with Crippen LogP contribution in [0.4, 0.5) is 0 Å². The van der Waals surface area contributed by atoms with Gasteiger partial charge < -0.3 is 9.26 Å². The molecule has 15 heavy (non-hydrogen) atoms. The minimum Gasteiger partial charge on any atom is -0.496 e. The highest BCUT2D eigenvalue weighted by Gasteiger charge is 2.15. The monoisotopic (exact) mass is 244 g/mol. The van der Waals surface area contributed by atoms with E-state index in [0.717, 1.165) is 0 Å². The summed E-state index contributed by atoms with van der Waals surface area (Å²) < 4.78 is 9.80. The SMILES string of the molecule is COc1cccc(Cl)c1-c1noc(Cl)n1. The Morgan fingerprint density at radius 3 is 2.73 bits per heavy atom. The zero-order chi connectivity index (χ0) is 10.8. The summed E-state index contributed by atoms with van der Waals surface area (Å²) >= 11 is 11.5. The van der Waals surface area contributed by atoms with Crippen molar-refractivity contribution in [2.75, 3.05) is 7.11 Å². The summed E-state index contributed by atoms with van der Waals surface area (Å²) in [6.07, 6.45) is 0. The van der Waals surface area contributed by atoms with Crippen LogP contribution in [0.3, 0.4) is 0 Å². The van der Waals surface area contributed by atoms with Gasteiger partial charge in [0.2, 0.25) is 5.82 Å². The molecule has 0 radical (unpaired) electrons. The summed E-state index contributed by atoms with van der Waals surface area (Å²) in [5.74, 6) is 0.877. The summed E-state index contributed by atoms with van der Waals surface area (Å²) in [5.41, 5.74) is 0.567. The zero-order valence-corrected chi connectivity index (χ0v) is 9.21. The van der Waals surface area contributed by atoms with Crippen LogP contribution >= 0.6 is 23.2 Å². The summed E-state index contributed by atoms with van der Waals surface area (Å²) in [6.45, 7) is 0. The zero-order valence-electron chi connectivity index (χ0n) is 7.70. The number of nitrogens with zero attached hydrogens (tertiary/aromatic N) is 2. The second kappa shape index (κ2) is 4.08. The fourth-order valence-corrected chi connectivity index (χ4v) is 1.56. The topological polar surface area (TPSA) is 48.2 Å². The second-order valence-corrected chi connectivity index (χ2v) is 3.42. The molecule has 1 aromatic heterocycles. The molecular weight excluding hydrogens is 239 g/mol. The van der Waals surface area contributed by atoms with E-state index < -0.39 is 0 Å². The molecule has 0 saturated heterocycles. The lowest BCUT2D eigenvalue weighted by Gasteiger charge is -2.05. The Bertz CT molecular complexity index is 485. The van der Waals surface area contributed by atoms with Crippen LogP contribution in [0.15, 0.2) is 22.7 Å². The number of methoxy groups -OCH3 is 1. The van der Waals surface area contributed by atoms with Gasteiger partial charge in [0.1, 0.15) is 5.75 Å². The van der Waals surface area contributed by atoms with Gasteiger partial charge in [0.05, 0.1) is 17.7 Å². The molecule has 1 heterocycles. The molecule has 0 atom stereocenters. The average Bonchev–Trinajstić information content (AvgIpc) is 2.64. The molecular formula is C9H6Cl2N2O2. The number of ether oxygens (including phenoxy) is 1. The van der Waals surface area contributed by atoms with Crippen LogP contribution in [0.2, 0.25) is 10.4 Å². The summed E-state index contributed by atoms with van der Waals surface area (Å²) in [7, 11) is 1.54. The van der Waals surface area contributed by atoms with Crippen molar-refractivity contribution in [1.29, 1.82) is 0 Å². The molecule has 1 aromatic carbocycles. The molecule has 2 rings (SSSR count). The summed E-state index contributed by atoms with van der Waals surface area (Å²) in [5, 5.41) is 4.12. The van der Waals surface area contributed by atoms with E-state index in [4.69, 9.17) is 27.9 Å². The van der Waals surface area contributed by atoms with Gasteiger partial charge in [0, 0.05) is 0 Å². The molecule has 78 valence electrons. The lowest BCUT2D eigenvalue weighted by atomic mass is 10.2. The van der Waals surface area contributed by atoms with Gasteiger partial charge in [0.15, 0.2) is 0 Å². The maximum Gasteiger partial charge on any atom is 0.320 e. The van der Waals surface area contributed by atoms with Crippen LogP contribution in [0.5, 0.6) is 5.75 Å². The Morgan fingerprint density at radius 2 is 2.13 bits per heavy atom. The van der Waals surface area contributed by atoms with Gasteiger partial charge >= 0.3 is 5.35 Å². The third-order valence-corrected chi connectivity index (χ3v) is 2.29. The maximum atomic E-state index is 6.01. The average molecular weight is 245 g/mol. The number of aromatic nitrogens is 2. The van der Waals surface area contributed by atoms with Gasteiger partial charge in [-0.25, -0.2) is 0 Å². The van der Waals surface area contributed by atoms with Crippen molar-refractivity contribution in [2.45, 2.75) is 0 Å². The van der Waals surface area contributed by atoms with Gasteiger partial charge in [-0.05, 0) is 23.7 Å². The van der Waals surface area contributed by atoms with E-state index in [1.54, 1.807) is 18.2 Å². The minimum absolute atomic E-state index is 0.0352. The van der Waals surface area contributed by atoms with Crippen LogP contribution in [-0.4, -0.2) is 17.3 Å². The first-order chi connectivity index (χ1) is 7.22. The first-order valence-electron chi connectivity index (χ1n) is 4.04. The number of hydrogen-bond acceptors (Lipinski definition) is 4. The molecule has 0 aliphatic heterocycles. The van der Waals surface area contributed by atoms with E-state index in [0.29, 0.717) is 22.2 Å². The first kappa shape index (κ1) is 10.3.